The van der Waals surface area contributed by atoms with Gasteiger partial charge in [0.2, 0.25) is 0 Å². The minimum Gasteiger partial charge on any atom is -0.357 e. The van der Waals surface area contributed by atoms with Crippen LogP contribution in [0.2, 0.25) is 0 Å². The van der Waals surface area contributed by atoms with Gasteiger partial charge in [-0.05, 0) is 68.7 Å². The fraction of sp³-hybridized carbons (Fsp3) is 0.720. The molecule has 31 heavy (non-hydrogen) atoms. The zero-order valence-electron chi connectivity index (χ0n) is 19.7. The molecule has 1 unspecified atom stereocenters. The molecule has 1 aromatic carbocycles. The van der Waals surface area contributed by atoms with Crippen LogP contribution in [0.3, 0.4) is 0 Å². The van der Waals surface area contributed by atoms with E-state index in [1.165, 1.54) is 38.0 Å². The smallest absolute Gasteiger partial charge is 0.191 e. The molecule has 0 saturated carbocycles. The summed E-state index contributed by atoms with van der Waals surface area (Å²) >= 11 is 0. The second kappa shape index (κ2) is 12.4. The largest absolute Gasteiger partial charge is 0.357 e. The third-order valence-electron chi connectivity index (χ3n) is 6.33. The number of hydrogen-bond donors (Lipinski definition) is 2. The van der Waals surface area contributed by atoms with Crippen molar-refractivity contribution in [2.24, 2.45) is 16.8 Å². The number of piperidine rings is 2. The fourth-order valence-electron chi connectivity index (χ4n) is 4.80. The molecule has 174 valence electrons. The Morgan fingerprint density at radius 2 is 1.84 bits per heavy atom. The molecule has 2 fully saturated rings. The van der Waals surface area contributed by atoms with Crippen LogP contribution in [0.25, 0.3) is 0 Å². The van der Waals surface area contributed by atoms with Gasteiger partial charge in [-0.1, -0.05) is 26.0 Å². The molecular weight excluding hydrogens is 389 g/mol. The van der Waals surface area contributed by atoms with Crippen LogP contribution < -0.4 is 10.6 Å². The summed E-state index contributed by atoms with van der Waals surface area (Å²) < 4.78 is 13.1. The van der Waals surface area contributed by atoms with E-state index in [9.17, 15) is 4.39 Å². The van der Waals surface area contributed by atoms with Crippen LogP contribution in [0.4, 0.5) is 4.39 Å². The number of hydrogen-bond acceptors (Lipinski definition) is 3. The highest BCUT2D eigenvalue weighted by Crippen LogP contribution is 2.18. The zero-order valence-corrected chi connectivity index (χ0v) is 19.7. The van der Waals surface area contributed by atoms with E-state index in [2.05, 4.69) is 41.2 Å². The van der Waals surface area contributed by atoms with E-state index in [0.717, 1.165) is 57.4 Å². The minimum absolute atomic E-state index is 0.164. The summed E-state index contributed by atoms with van der Waals surface area (Å²) in [5.74, 6) is 2.21. The van der Waals surface area contributed by atoms with E-state index in [1.807, 2.05) is 12.1 Å². The van der Waals surface area contributed by atoms with E-state index in [1.54, 1.807) is 12.1 Å². The predicted octanol–water partition coefficient (Wildman–Crippen LogP) is 3.71. The normalized spacial score (nSPS) is 22.1. The third-order valence-corrected chi connectivity index (χ3v) is 6.33. The quantitative estimate of drug-likeness (QED) is 0.486. The van der Waals surface area contributed by atoms with Crippen molar-refractivity contribution < 1.29 is 4.39 Å². The van der Waals surface area contributed by atoms with Crippen molar-refractivity contribution in [3.8, 4) is 0 Å². The lowest BCUT2D eigenvalue weighted by Crippen LogP contribution is -2.48. The van der Waals surface area contributed by atoms with E-state index in [0.29, 0.717) is 12.0 Å². The number of benzene rings is 1. The first kappa shape index (κ1) is 24.0. The Balaban J connectivity index is 1.44. The maximum Gasteiger partial charge on any atom is 0.191 e. The molecule has 2 aliphatic heterocycles. The van der Waals surface area contributed by atoms with E-state index in [-0.39, 0.29) is 5.82 Å². The Labute approximate surface area is 188 Å². The summed E-state index contributed by atoms with van der Waals surface area (Å²) in [7, 11) is 0. The number of aliphatic imine (C=N–C) groups is 1. The Bertz CT molecular complexity index is 667. The first-order valence-corrected chi connectivity index (χ1v) is 12.3. The lowest BCUT2D eigenvalue weighted by Gasteiger charge is -2.34. The molecule has 0 spiro atoms. The van der Waals surface area contributed by atoms with E-state index < -0.39 is 0 Å². The van der Waals surface area contributed by atoms with Crippen molar-refractivity contribution in [3.63, 3.8) is 0 Å². The monoisotopic (exact) mass is 431 g/mol. The second-order valence-electron chi connectivity index (χ2n) is 9.70. The van der Waals surface area contributed by atoms with Gasteiger partial charge in [0, 0.05) is 51.9 Å². The standard InChI is InChI=1S/C25H42FN5/c1-4-27-25(28-16-22-6-5-13-31(19-22)17-20(2)3)29-24-11-14-30(15-12-24)18-21-7-9-23(26)10-8-21/h7-10,20,22,24H,4-6,11-19H2,1-3H3,(H2,27,28,29). The summed E-state index contributed by atoms with van der Waals surface area (Å²) in [6, 6.07) is 7.35. The average Bonchev–Trinajstić information content (AvgIpc) is 2.75. The van der Waals surface area contributed by atoms with Gasteiger partial charge >= 0.3 is 0 Å². The van der Waals surface area contributed by atoms with Crippen LogP contribution in [0.1, 0.15) is 52.0 Å². The van der Waals surface area contributed by atoms with E-state index in [4.69, 9.17) is 4.99 Å². The summed E-state index contributed by atoms with van der Waals surface area (Å²) in [4.78, 5) is 10.0. The molecule has 0 amide bonds. The zero-order chi connectivity index (χ0) is 22.1. The lowest BCUT2D eigenvalue weighted by atomic mass is 9.97. The van der Waals surface area contributed by atoms with Gasteiger partial charge in [-0.3, -0.25) is 9.89 Å². The molecule has 3 rings (SSSR count). The highest BCUT2D eigenvalue weighted by atomic mass is 19.1. The second-order valence-corrected chi connectivity index (χ2v) is 9.70. The van der Waals surface area contributed by atoms with Crippen molar-refractivity contribution >= 4 is 5.96 Å². The highest BCUT2D eigenvalue weighted by molar-refractivity contribution is 5.80. The first-order chi connectivity index (χ1) is 15.0. The molecule has 2 aliphatic rings. The van der Waals surface area contributed by atoms with Gasteiger partial charge < -0.3 is 15.5 Å². The molecule has 2 heterocycles. The van der Waals surface area contributed by atoms with Crippen LogP contribution in [-0.4, -0.2) is 67.6 Å². The van der Waals surface area contributed by atoms with Crippen molar-refractivity contribution in [2.75, 3.05) is 45.8 Å². The summed E-state index contributed by atoms with van der Waals surface area (Å²) in [6.45, 7) is 15.2. The molecule has 0 bridgehead atoms. The lowest BCUT2D eigenvalue weighted by molar-refractivity contribution is 0.162. The number of likely N-dealkylation sites (tertiary alicyclic amines) is 2. The van der Waals surface area contributed by atoms with Gasteiger partial charge in [0.1, 0.15) is 5.82 Å². The summed E-state index contributed by atoms with van der Waals surface area (Å²) in [5, 5.41) is 7.13. The summed E-state index contributed by atoms with van der Waals surface area (Å²) in [6.07, 6.45) is 4.80. The summed E-state index contributed by atoms with van der Waals surface area (Å²) in [5.41, 5.74) is 1.18. The average molecular weight is 432 g/mol. The van der Waals surface area contributed by atoms with Gasteiger partial charge in [-0.15, -0.1) is 0 Å². The number of guanidine groups is 1. The van der Waals surface area contributed by atoms with Crippen LogP contribution in [-0.2, 0) is 6.54 Å². The van der Waals surface area contributed by atoms with Gasteiger partial charge in [-0.25, -0.2) is 4.39 Å². The minimum atomic E-state index is -0.164. The van der Waals surface area contributed by atoms with Crippen LogP contribution >= 0.6 is 0 Å². The predicted molar refractivity (Wildman–Crippen MR) is 128 cm³/mol. The van der Waals surface area contributed by atoms with Crippen molar-refractivity contribution in [2.45, 2.75) is 59.0 Å². The molecule has 1 aromatic rings. The van der Waals surface area contributed by atoms with Gasteiger partial charge in [-0.2, -0.15) is 0 Å². The van der Waals surface area contributed by atoms with Crippen molar-refractivity contribution in [1.29, 1.82) is 0 Å². The number of rotatable bonds is 8. The van der Waals surface area contributed by atoms with Gasteiger partial charge in [0.15, 0.2) is 5.96 Å². The van der Waals surface area contributed by atoms with Crippen LogP contribution in [0.15, 0.2) is 29.3 Å². The first-order valence-electron chi connectivity index (χ1n) is 12.3. The SMILES string of the molecule is CCNC(=NCC1CCCN(CC(C)C)C1)NC1CCN(Cc2ccc(F)cc2)CC1. The topological polar surface area (TPSA) is 42.9 Å². The molecule has 1 atom stereocenters. The van der Waals surface area contributed by atoms with Crippen LogP contribution in [0.5, 0.6) is 0 Å². The van der Waals surface area contributed by atoms with Gasteiger partial charge in [0.05, 0.1) is 0 Å². The Morgan fingerprint density at radius 1 is 1.10 bits per heavy atom. The fourth-order valence-corrected chi connectivity index (χ4v) is 4.80. The Morgan fingerprint density at radius 3 is 2.52 bits per heavy atom. The van der Waals surface area contributed by atoms with Gasteiger partial charge in [0.25, 0.3) is 0 Å². The Hall–Kier alpha value is -1.66. The molecule has 0 aromatic heterocycles. The molecule has 2 saturated heterocycles. The maximum atomic E-state index is 13.1. The Kier molecular flexibility index (Phi) is 9.59. The van der Waals surface area contributed by atoms with Crippen molar-refractivity contribution in [1.82, 2.24) is 20.4 Å². The number of nitrogens with zero attached hydrogens (tertiary/aromatic N) is 3. The number of halogens is 1. The third kappa shape index (κ3) is 8.41. The van der Waals surface area contributed by atoms with Crippen LogP contribution in [0, 0.1) is 17.7 Å². The highest BCUT2D eigenvalue weighted by Gasteiger charge is 2.22. The molecule has 0 radical (unpaired) electrons. The van der Waals surface area contributed by atoms with E-state index >= 15 is 0 Å². The molecular formula is C25H42FN5. The number of nitrogens with one attached hydrogen (secondary N) is 2. The van der Waals surface area contributed by atoms with Crippen molar-refractivity contribution in [3.05, 3.63) is 35.6 Å². The molecule has 6 heteroatoms. The molecule has 2 N–H and O–H groups in total. The molecule has 0 aliphatic carbocycles. The molecule has 5 nitrogen and oxygen atoms in total. The maximum absolute atomic E-state index is 13.1.